The Morgan fingerprint density at radius 2 is 2.29 bits per heavy atom. The van der Waals surface area contributed by atoms with Crippen LogP contribution in [0.2, 0.25) is 0 Å². The van der Waals surface area contributed by atoms with E-state index in [4.69, 9.17) is 4.74 Å². The number of pyridine rings is 1. The predicted molar refractivity (Wildman–Crippen MR) is 73.3 cm³/mol. The summed E-state index contributed by atoms with van der Waals surface area (Å²) < 4.78 is 6.23. The number of nitrogens with zero attached hydrogens (tertiary/aromatic N) is 2. The third-order valence-corrected chi connectivity index (χ3v) is 3.79. The summed E-state index contributed by atoms with van der Waals surface area (Å²) in [6.07, 6.45) is 6.46. The molecule has 1 aliphatic carbocycles. The molecule has 1 atom stereocenters. The van der Waals surface area contributed by atoms with Gasteiger partial charge in [0, 0.05) is 30.4 Å². The molecule has 1 aliphatic rings. The van der Waals surface area contributed by atoms with Gasteiger partial charge < -0.3 is 9.64 Å². The van der Waals surface area contributed by atoms with Crippen molar-refractivity contribution in [2.24, 2.45) is 5.92 Å². The number of halogens is 1. The average molecular weight is 299 g/mol. The highest BCUT2D eigenvalue weighted by molar-refractivity contribution is 9.10. The molecule has 1 fully saturated rings. The maximum atomic E-state index is 5.20. The summed E-state index contributed by atoms with van der Waals surface area (Å²) in [4.78, 5) is 6.65. The molecular weight excluding hydrogens is 280 g/mol. The lowest BCUT2D eigenvalue weighted by atomic mass is 10.1. The molecule has 1 aromatic heterocycles. The molecule has 0 spiro atoms. The first-order valence-electron chi connectivity index (χ1n) is 6.08. The highest BCUT2D eigenvalue weighted by atomic mass is 79.9. The maximum absolute atomic E-state index is 5.20. The van der Waals surface area contributed by atoms with Gasteiger partial charge in [0.1, 0.15) is 0 Å². The lowest BCUT2D eigenvalue weighted by Crippen LogP contribution is -2.37. The molecule has 1 unspecified atom stereocenters. The number of anilines is 1. The number of hydrogen-bond donors (Lipinski definition) is 0. The quantitative estimate of drug-likeness (QED) is 0.807. The fourth-order valence-corrected chi connectivity index (χ4v) is 2.50. The van der Waals surface area contributed by atoms with E-state index in [1.165, 1.54) is 18.5 Å². The van der Waals surface area contributed by atoms with Crippen molar-refractivity contribution >= 4 is 21.6 Å². The smallest absolute Gasteiger partial charge is 0.0637 e. The van der Waals surface area contributed by atoms with Gasteiger partial charge in [0.25, 0.3) is 0 Å². The van der Waals surface area contributed by atoms with Crippen molar-refractivity contribution in [2.75, 3.05) is 25.2 Å². The molecule has 0 radical (unpaired) electrons. The van der Waals surface area contributed by atoms with Crippen LogP contribution >= 0.6 is 15.9 Å². The molecule has 1 aromatic rings. The van der Waals surface area contributed by atoms with Crippen LogP contribution in [-0.2, 0) is 4.74 Å². The Morgan fingerprint density at radius 3 is 2.88 bits per heavy atom. The SMILES string of the molecule is COCCN(c1cncc(Br)c1)C(C)C1CC1. The molecule has 0 aliphatic heterocycles. The van der Waals surface area contributed by atoms with Gasteiger partial charge in [-0.1, -0.05) is 0 Å². The summed E-state index contributed by atoms with van der Waals surface area (Å²) in [6, 6.07) is 2.70. The third-order valence-electron chi connectivity index (χ3n) is 3.35. The van der Waals surface area contributed by atoms with Crippen molar-refractivity contribution in [1.29, 1.82) is 0 Å². The van der Waals surface area contributed by atoms with Gasteiger partial charge >= 0.3 is 0 Å². The van der Waals surface area contributed by atoms with E-state index in [9.17, 15) is 0 Å². The highest BCUT2D eigenvalue weighted by Crippen LogP contribution is 2.36. The number of methoxy groups -OCH3 is 1. The first kappa shape index (κ1) is 12.8. The Hall–Kier alpha value is -0.610. The van der Waals surface area contributed by atoms with Crippen LogP contribution in [0.15, 0.2) is 22.9 Å². The maximum Gasteiger partial charge on any atom is 0.0637 e. The minimum absolute atomic E-state index is 0.571. The molecule has 0 saturated heterocycles. The summed E-state index contributed by atoms with van der Waals surface area (Å²) in [7, 11) is 1.75. The Kier molecular flexibility index (Phi) is 4.40. The van der Waals surface area contributed by atoms with Crippen molar-refractivity contribution in [3.05, 3.63) is 22.9 Å². The van der Waals surface area contributed by atoms with Gasteiger partial charge in [-0.05, 0) is 47.7 Å². The van der Waals surface area contributed by atoms with Gasteiger partial charge in [-0.25, -0.2) is 0 Å². The fourth-order valence-electron chi connectivity index (χ4n) is 2.15. The van der Waals surface area contributed by atoms with E-state index in [1.807, 2.05) is 12.4 Å². The molecule has 4 heteroatoms. The third kappa shape index (κ3) is 3.42. The zero-order valence-corrected chi connectivity index (χ0v) is 12.0. The summed E-state index contributed by atoms with van der Waals surface area (Å²) in [5.74, 6) is 0.839. The van der Waals surface area contributed by atoms with Gasteiger partial charge in [0.05, 0.1) is 18.5 Å². The molecule has 0 bridgehead atoms. The molecule has 94 valence electrons. The second-order valence-electron chi connectivity index (χ2n) is 4.63. The number of aromatic nitrogens is 1. The van der Waals surface area contributed by atoms with Crippen LogP contribution in [0, 0.1) is 5.92 Å². The van der Waals surface area contributed by atoms with Gasteiger partial charge in [0.15, 0.2) is 0 Å². The molecule has 0 amide bonds. The largest absolute Gasteiger partial charge is 0.383 e. The van der Waals surface area contributed by atoms with Crippen molar-refractivity contribution in [1.82, 2.24) is 4.98 Å². The van der Waals surface area contributed by atoms with E-state index < -0.39 is 0 Å². The summed E-state index contributed by atoms with van der Waals surface area (Å²) in [6.45, 7) is 3.98. The van der Waals surface area contributed by atoms with Gasteiger partial charge in [0.2, 0.25) is 0 Å². The predicted octanol–water partition coefficient (Wildman–Crippen LogP) is 3.10. The highest BCUT2D eigenvalue weighted by Gasteiger charge is 2.32. The fraction of sp³-hybridized carbons (Fsp3) is 0.615. The zero-order valence-electron chi connectivity index (χ0n) is 10.4. The van der Waals surface area contributed by atoms with E-state index in [0.717, 1.165) is 23.5 Å². The number of hydrogen-bond acceptors (Lipinski definition) is 3. The van der Waals surface area contributed by atoms with Crippen molar-refractivity contribution < 1.29 is 4.74 Å². The first-order chi connectivity index (χ1) is 8.22. The molecular formula is C13H19BrN2O. The van der Waals surface area contributed by atoms with Gasteiger partial charge in [-0.2, -0.15) is 0 Å². The standard InChI is InChI=1S/C13H19BrN2O/c1-10(11-3-4-11)16(5-6-17-2)13-7-12(14)8-15-9-13/h7-11H,3-6H2,1-2H3. The molecule has 0 N–H and O–H groups in total. The summed E-state index contributed by atoms with van der Waals surface area (Å²) >= 11 is 3.48. The van der Waals surface area contributed by atoms with E-state index in [0.29, 0.717) is 6.04 Å². The van der Waals surface area contributed by atoms with Crippen LogP contribution in [0.1, 0.15) is 19.8 Å². The van der Waals surface area contributed by atoms with Crippen LogP contribution in [0.3, 0.4) is 0 Å². The number of rotatable bonds is 6. The van der Waals surface area contributed by atoms with Crippen LogP contribution in [0.25, 0.3) is 0 Å². The van der Waals surface area contributed by atoms with E-state index in [2.05, 4.69) is 38.8 Å². The Labute approximate surface area is 111 Å². The van der Waals surface area contributed by atoms with Crippen molar-refractivity contribution in [2.45, 2.75) is 25.8 Å². The number of ether oxygens (including phenoxy) is 1. The van der Waals surface area contributed by atoms with E-state index in [1.54, 1.807) is 7.11 Å². The lowest BCUT2D eigenvalue weighted by molar-refractivity contribution is 0.202. The Balaban J connectivity index is 2.13. The molecule has 3 nitrogen and oxygen atoms in total. The van der Waals surface area contributed by atoms with Crippen LogP contribution in [0.4, 0.5) is 5.69 Å². The van der Waals surface area contributed by atoms with Crippen LogP contribution < -0.4 is 4.90 Å². The topological polar surface area (TPSA) is 25.4 Å². The van der Waals surface area contributed by atoms with Gasteiger partial charge in [-0.3, -0.25) is 4.98 Å². The average Bonchev–Trinajstić information content (AvgIpc) is 3.13. The summed E-state index contributed by atoms with van der Waals surface area (Å²) in [5.41, 5.74) is 1.18. The van der Waals surface area contributed by atoms with Crippen LogP contribution in [0.5, 0.6) is 0 Å². The first-order valence-corrected chi connectivity index (χ1v) is 6.88. The normalized spacial score (nSPS) is 16.9. The second-order valence-corrected chi connectivity index (χ2v) is 5.54. The monoisotopic (exact) mass is 298 g/mol. The molecule has 2 rings (SSSR count). The molecule has 1 heterocycles. The molecule has 1 saturated carbocycles. The Bertz CT molecular complexity index is 368. The minimum atomic E-state index is 0.571. The molecule has 17 heavy (non-hydrogen) atoms. The second kappa shape index (κ2) is 5.83. The summed E-state index contributed by atoms with van der Waals surface area (Å²) in [5, 5.41) is 0. The zero-order chi connectivity index (χ0) is 12.3. The van der Waals surface area contributed by atoms with E-state index >= 15 is 0 Å². The van der Waals surface area contributed by atoms with Crippen LogP contribution in [-0.4, -0.2) is 31.3 Å². The van der Waals surface area contributed by atoms with Crippen molar-refractivity contribution in [3.8, 4) is 0 Å². The minimum Gasteiger partial charge on any atom is -0.383 e. The van der Waals surface area contributed by atoms with E-state index in [-0.39, 0.29) is 0 Å². The Morgan fingerprint density at radius 1 is 1.53 bits per heavy atom. The molecule has 0 aromatic carbocycles. The van der Waals surface area contributed by atoms with Crippen molar-refractivity contribution in [3.63, 3.8) is 0 Å². The van der Waals surface area contributed by atoms with Gasteiger partial charge in [-0.15, -0.1) is 0 Å². The lowest BCUT2D eigenvalue weighted by Gasteiger charge is -2.31.